The highest BCUT2D eigenvalue weighted by atomic mass is 127. The molecule has 0 rings (SSSR count). The van der Waals surface area contributed by atoms with Crippen LogP contribution in [0.15, 0.2) is 12.7 Å². The van der Waals surface area contributed by atoms with Crippen molar-refractivity contribution in [2.24, 2.45) is 0 Å². The van der Waals surface area contributed by atoms with Gasteiger partial charge in [-0.05, 0) is 0 Å². The summed E-state index contributed by atoms with van der Waals surface area (Å²) < 4.78 is 5.19. The molecule has 0 heterocycles. The van der Waals surface area contributed by atoms with Gasteiger partial charge in [-0.2, -0.15) is 0 Å². The molecular formula is C7H11IO3. The van der Waals surface area contributed by atoms with Crippen molar-refractivity contribution in [3.63, 3.8) is 0 Å². The first-order valence-corrected chi connectivity index (χ1v) is 4.73. The number of aliphatic hydroxyl groups excluding tert-OH is 1. The van der Waals surface area contributed by atoms with Gasteiger partial charge in [0.25, 0.3) is 0 Å². The minimum Gasteiger partial charge on any atom is -0.461 e. The van der Waals surface area contributed by atoms with Gasteiger partial charge in [-0.1, -0.05) is 35.2 Å². The van der Waals surface area contributed by atoms with Crippen LogP contribution in [0.1, 0.15) is 6.42 Å². The lowest BCUT2D eigenvalue weighted by Gasteiger charge is -2.04. The molecule has 0 amide bonds. The van der Waals surface area contributed by atoms with Crippen LogP contribution in [0, 0.1) is 0 Å². The van der Waals surface area contributed by atoms with Gasteiger partial charge in [0.1, 0.15) is 6.61 Å². The van der Waals surface area contributed by atoms with Crippen molar-refractivity contribution in [1.82, 2.24) is 0 Å². The fraction of sp³-hybridized carbons (Fsp3) is 0.571. The van der Waals surface area contributed by atoms with Crippen molar-refractivity contribution < 1.29 is 14.6 Å². The van der Waals surface area contributed by atoms with Crippen LogP contribution >= 0.6 is 22.6 Å². The van der Waals surface area contributed by atoms with Gasteiger partial charge in [0.15, 0.2) is 0 Å². The second-order valence-corrected chi connectivity index (χ2v) is 2.86. The van der Waals surface area contributed by atoms with Gasteiger partial charge in [-0.25, -0.2) is 0 Å². The molecule has 4 heteroatoms. The van der Waals surface area contributed by atoms with Crippen LogP contribution in [0.3, 0.4) is 0 Å². The first-order chi connectivity index (χ1) is 5.20. The average molecular weight is 270 g/mol. The Morgan fingerprint density at radius 1 is 1.82 bits per heavy atom. The second-order valence-electron chi connectivity index (χ2n) is 1.98. The van der Waals surface area contributed by atoms with Gasteiger partial charge in [0.2, 0.25) is 0 Å². The van der Waals surface area contributed by atoms with Crippen molar-refractivity contribution in [2.75, 3.05) is 11.0 Å². The normalized spacial score (nSPS) is 12.2. The quantitative estimate of drug-likeness (QED) is 0.349. The topological polar surface area (TPSA) is 46.5 Å². The monoisotopic (exact) mass is 270 g/mol. The van der Waals surface area contributed by atoms with E-state index in [9.17, 15) is 4.79 Å². The summed E-state index contributed by atoms with van der Waals surface area (Å²) in [4.78, 5) is 10.7. The number of carbonyl (C=O) groups excluding carboxylic acids is 1. The summed E-state index contributed by atoms with van der Waals surface area (Å²) >= 11 is 2.01. The van der Waals surface area contributed by atoms with Gasteiger partial charge < -0.3 is 9.84 Å². The van der Waals surface area contributed by atoms with E-state index in [2.05, 4.69) is 11.3 Å². The maximum absolute atomic E-state index is 10.7. The predicted octanol–water partition coefficient (Wildman–Crippen LogP) is 0.902. The Balaban J connectivity index is 3.43. The number of carbonyl (C=O) groups is 1. The van der Waals surface area contributed by atoms with Gasteiger partial charge in [-0.15, -0.1) is 0 Å². The number of hydrogen-bond acceptors (Lipinski definition) is 3. The van der Waals surface area contributed by atoms with Crippen LogP contribution in [0.25, 0.3) is 0 Å². The number of esters is 1. The number of rotatable bonds is 5. The van der Waals surface area contributed by atoms with E-state index < -0.39 is 6.10 Å². The molecule has 0 saturated heterocycles. The van der Waals surface area contributed by atoms with Gasteiger partial charge in [0.05, 0.1) is 12.5 Å². The average Bonchev–Trinajstić information content (AvgIpc) is 2.00. The zero-order valence-electron chi connectivity index (χ0n) is 6.12. The van der Waals surface area contributed by atoms with Gasteiger partial charge in [0, 0.05) is 4.43 Å². The van der Waals surface area contributed by atoms with Crippen molar-refractivity contribution >= 4 is 28.6 Å². The fourth-order valence-corrected chi connectivity index (χ4v) is 0.769. The summed E-state index contributed by atoms with van der Waals surface area (Å²) in [7, 11) is 0. The molecular weight excluding hydrogens is 259 g/mol. The van der Waals surface area contributed by atoms with E-state index in [1.54, 1.807) is 0 Å². The Morgan fingerprint density at radius 3 is 2.91 bits per heavy atom. The number of ether oxygens (including phenoxy) is 1. The van der Waals surface area contributed by atoms with Crippen LogP contribution in [-0.4, -0.2) is 28.2 Å². The Hall–Kier alpha value is -0.100. The molecule has 0 aromatic rings. The summed E-state index contributed by atoms with van der Waals surface area (Å²) in [6.07, 6.45) is 0.971. The molecule has 0 fully saturated rings. The molecule has 1 N–H and O–H groups in total. The van der Waals surface area contributed by atoms with E-state index in [1.807, 2.05) is 22.6 Å². The standard InChI is InChI=1S/C7H11IO3/c1-2-3-11-7(10)4-6(9)5-8/h2,6,9H,1,3-5H2/t6-/m0/s1. The van der Waals surface area contributed by atoms with Crippen LogP contribution in [0.2, 0.25) is 0 Å². The van der Waals surface area contributed by atoms with Crippen LogP contribution < -0.4 is 0 Å². The van der Waals surface area contributed by atoms with E-state index in [-0.39, 0.29) is 19.0 Å². The van der Waals surface area contributed by atoms with Crippen molar-refractivity contribution in [3.8, 4) is 0 Å². The van der Waals surface area contributed by atoms with Crippen LogP contribution in [0.5, 0.6) is 0 Å². The third-order valence-corrected chi connectivity index (χ3v) is 1.96. The number of halogens is 1. The predicted molar refractivity (Wildman–Crippen MR) is 50.7 cm³/mol. The molecule has 0 saturated carbocycles. The molecule has 0 aliphatic rings. The molecule has 0 unspecified atom stereocenters. The van der Waals surface area contributed by atoms with Gasteiger partial charge >= 0.3 is 5.97 Å². The molecule has 0 aromatic heterocycles. The minimum absolute atomic E-state index is 0.0662. The maximum atomic E-state index is 10.7. The van der Waals surface area contributed by atoms with E-state index in [4.69, 9.17) is 5.11 Å². The van der Waals surface area contributed by atoms with Crippen molar-refractivity contribution in [3.05, 3.63) is 12.7 Å². The molecule has 0 radical (unpaired) electrons. The third-order valence-electron chi connectivity index (χ3n) is 0.943. The molecule has 1 atom stereocenters. The first kappa shape index (κ1) is 10.9. The van der Waals surface area contributed by atoms with E-state index in [0.29, 0.717) is 4.43 Å². The largest absolute Gasteiger partial charge is 0.461 e. The maximum Gasteiger partial charge on any atom is 0.308 e. The molecule has 11 heavy (non-hydrogen) atoms. The first-order valence-electron chi connectivity index (χ1n) is 3.21. The van der Waals surface area contributed by atoms with E-state index in [1.165, 1.54) is 6.08 Å². The van der Waals surface area contributed by atoms with E-state index >= 15 is 0 Å². The Morgan fingerprint density at radius 2 is 2.45 bits per heavy atom. The molecule has 0 aliphatic heterocycles. The lowest BCUT2D eigenvalue weighted by molar-refractivity contribution is -0.144. The zero-order valence-corrected chi connectivity index (χ0v) is 8.28. The molecule has 64 valence electrons. The summed E-state index contributed by atoms with van der Waals surface area (Å²) in [5, 5.41) is 8.99. The zero-order chi connectivity index (χ0) is 8.69. The summed E-state index contributed by atoms with van der Waals surface area (Å²) in [6.45, 7) is 3.61. The second kappa shape index (κ2) is 6.60. The van der Waals surface area contributed by atoms with Crippen LogP contribution in [0.4, 0.5) is 0 Å². The molecule has 0 aromatic carbocycles. The number of aliphatic hydroxyl groups is 1. The molecule has 0 spiro atoms. The van der Waals surface area contributed by atoms with Crippen molar-refractivity contribution in [1.29, 1.82) is 0 Å². The highest BCUT2D eigenvalue weighted by Crippen LogP contribution is 1.98. The lowest BCUT2D eigenvalue weighted by Crippen LogP contribution is -2.16. The SMILES string of the molecule is C=CCOC(=O)C[C@H](O)CI. The Kier molecular flexibility index (Phi) is 6.54. The van der Waals surface area contributed by atoms with Gasteiger partial charge in [-0.3, -0.25) is 4.79 Å². The third kappa shape index (κ3) is 6.30. The Labute approximate surface area is 79.6 Å². The molecule has 3 nitrogen and oxygen atoms in total. The number of hydrogen-bond donors (Lipinski definition) is 1. The fourth-order valence-electron chi connectivity index (χ4n) is 0.458. The smallest absolute Gasteiger partial charge is 0.308 e. The summed E-state index contributed by atoms with van der Waals surface area (Å²) in [5.74, 6) is -0.380. The summed E-state index contributed by atoms with van der Waals surface area (Å²) in [6, 6.07) is 0. The number of alkyl halides is 1. The highest BCUT2D eigenvalue weighted by molar-refractivity contribution is 14.1. The Bertz CT molecular complexity index is 136. The van der Waals surface area contributed by atoms with Crippen LogP contribution in [-0.2, 0) is 9.53 Å². The highest BCUT2D eigenvalue weighted by Gasteiger charge is 2.09. The lowest BCUT2D eigenvalue weighted by atomic mass is 10.3. The molecule has 0 aliphatic carbocycles. The summed E-state index contributed by atoms with van der Waals surface area (Å²) in [5.41, 5.74) is 0. The van der Waals surface area contributed by atoms with Crippen molar-refractivity contribution in [2.45, 2.75) is 12.5 Å². The minimum atomic E-state index is -0.590. The van der Waals surface area contributed by atoms with E-state index in [0.717, 1.165) is 0 Å². The molecule has 0 bridgehead atoms.